The molecule has 0 aromatic heterocycles. The topological polar surface area (TPSA) is 62.3 Å². The number of fused-ring (bicyclic) bond motifs is 2. The van der Waals surface area contributed by atoms with Crippen LogP contribution in [-0.4, -0.2) is 76.6 Å². The van der Waals surface area contributed by atoms with Crippen molar-refractivity contribution in [2.24, 2.45) is 0 Å². The van der Waals surface area contributed by atoms with E-state index in [0.717, 1.165) is 50.4 Å². The number of sulfonamides is 1. The second kappa shape index (κ2) is 8.96. The van der Waals surface area contributed by atoms with Crippen LogP contribution in [0.3, 0.4) is 0 Å². The van der Waals surface area contributed by atoms with E-state index >= 15 is 0 Å². The lowest BCUT2D eigenvalue weighted by Gasteiger charge is -2.40. The molecule has 3 aliphatic heterocycles. The minimum Gasteiger partial charge on any atom is -0.369 e. The molecule has 3 heterocycles. The van der Waals surface area contributed by atoms with Crippen molar-refractivity contribution in [2.75, 3.05) is 63.9 Å². The van der Waals surface area contributed by atoms with Crippen LogP contribution in [0.5, 0.6) is 0 Å². The van der Waals surface area contributed by atoms with Crippen molar-refractivity contribution in [3.05, 3.63) is 59.4 Å². The Kier molecular flexibility index (Phi) is 6.17. The van der Waals surface area contributed by atoms with E-state index in [1.54, 1.807) is 12.1 Å². The first-order chi connectivity index (χ1) is 15.9. The smallest absolute Gasteiger partial charge is 0.243 e. The highest BCUT2D eigenvalue weighted by molar-refractivity contribution is 7.89. The lowest BCUT2D eigenvalue weighted by atomic mass is 9.99. The van der Waals surface area contributed by atoms with Crippen LogP contribution in [0.25, 0.3) is 0 Å². The second-order valence-corrected chi connectivity index (χ2v) is 10.8. The van der Waals surface area contributed by atoms with E-state index in [4.69, 9.17) is 9.47 Å². The summed E-state index contributed by atoms with van der Waals surface area (Å²) >= 11 is 0. The fraction of sp³-hybridized carbons (Fsp3) is 0.500. The lowest BCUT2D eigenvalue weighted by Crippen LogP contribution is -2.51. The van der Waals surface area contributed by atoms with Gasteiger partial charge in [0, 0.05) is 44.0 Å². The van der Waals surface area contributed by atoms with Gasteiger partial charge >= 0.3 is 0 Å². The van der Waals surface area contributed by atoms with Crippen LogP contribution in [0.1, 0.15) is 17.5 Å². The molecule has 33 heavy (non-hydrogen) atoms. The molecule has 3 aliphatic rings. The van der Waals surface area contributed by atoms with E-state index in [1.165, 1.54) is 16.4 Å². The van der Waals surface area contributed by atoms with E-state index < -0.39 is 15.8 Å². The van der Waals surface area contributed by atoms with Gasteiger partial charge in [0.15, 0.2) is 0 Å². The number of rotatable bonds is 5. The van der Waals surface area contributed by atoms with Crippen molar-refractivity contribution >= 4 is 15.7 Å². The lowest BCUT2D eigenvalue weighted by molar-refractivity contribution is -0.176. The zero-order valence-corrected chi connectivity index (χ0v) is 19.7. The van der Waals surface area contributed by atoms with Crippen molar-refractivity contribution < 1.29 is 22.3 Å². The van der Waals surface area contributed by atoms with E-state index in [9.17, 15) is 12.8 Å². The van der Waals surface area contributed by atoms with Crippen molar-refractivity contribution in [2.45, 2.75) is 24.0 Å². The molecule has 5 rings (SSSR count). The Labute approximate surface area is 194 Å². The minimum absolute atomic E-state index is 0.186. The van der Waals surface area contributed by atoms with Crippen molar-refractivity contribution in [3.63, 3.8) is 0 Å². The highest BCUT2D eigenvalue weighted by Gasteiger charge is 2.51. The Balaban J connectivity index is 1.21. The minimum atomic E-state index is -3.60. The third-order valence-electron chi connectivity index (χ3n) is 6.82. The van der Waals surface area contributed by atoms with Gasteiger partial charge in [-0.3, -0.25) is 4.90 Å². The number of hydrogen-bond acceptors (Lipinski definition) is 6. The predicted octanol–water partition coefficient (Wildman–Crippen LogP) is 2.55. The maximum atomic E-state index is 13.4. The molecule has 9 heteroatoms. The summed E-state index contributed by atoms with van der Waals surface area (Å²) in [5, 5.41) is 0. The van der Waals surface area contributed by atoms with Gasteiger partial charge in [0.05, 0.1) is 24.7 Å². The fourth-order valence-corrected chi connectivity index (χ4v) is 6.93. The van der Waals surface area contributed by atoms with Gasteiger partial charge in [0.25, 0.3) is 0 Å². The first-order valence-corrected chi connectivity index (χ1v) is 12.9. The van der Waals surface area contributed by atoms with Gasteiger partial charge in [-0.1, -0.05) is 12.1 Å². The van der Waals surface area contributed by atoms with Crippen LogP contribution in [-0.2, 0) is 25.3 Å². The Hall–Kier alpha value is -2.04. The van der Waals surface area contributed by atoms with Crippen molar-refractivity contribution in [1.82, 2.24) is 9.21 Å². The maximum absolute atomic E-state index is 13.4. The van der Waals surface area contributed by atoms with E-state index in [1.807, 2.05) is 25.1 Å². The Bertz CT molecular complexity index is 1100. The summed E-state index contributed by atoms with van der Waals surface area (Å²) in [5.74, 6) is -1.23. The number of hydrogen-bond donors (Lipinski definition) is 0. The molecule has 1 spiro atoms. The summed E-state index contributed by atoms with van der Waals surface area (Å²) in [6.07, 6.45) is 0.729. The quantitative estimate of drug-likeness (QED) is 0.663. The van der Waals surface area contributed by atoms with E-state index in [0.29, 0.717) is 30.2 Å². The first-order valence-electron chi connectivity index (χ1n) is 11.5. The van der Waals surface area contributed by atoms with Crippen LogP contribution in [0, 0.1) is 12.7 Å². The second-order valence-electron chi connectivity index (χ2n) is 8.90. The highest BCUT2D eigenvalue weighted by atomic mass is 32.2. The SMILES string of the molecule is Cc1cccc2c1C1(CN(CCCN3CCN(c4ccc(F)cc4)CC3)S2(=O)=O)OCCO1. The summed E-state index contributed by atoms with van der Waals surface area (Å²) in [4.78, 5) is 4.90. The molecule has 178 valence electrons. The van der Waals surface area contributed by atoms with Gasteiger partial charge in [-0.15, -0.1) is 0 Å². The van der Waals surface area contributed by atoms with Gasteiger partial charge in [0.2, 0.25) is 15.8 Å². The third kappa shape index (κ3) is 4.28. The molecule has 0 atom stereocenters. The predicted molar refractivity (Wildman–Crippen MR) is 123 cm³/mol. The number of aryl methyl sites for hydroxylation is 1. The molecule has 0 aliphatic carbocycles. The zero-order valence-electron chi connectivity index (χ0n) is 18.9. The first kappa shape index (κ1) is 22.7. The Morgan fingerprint density at radius 1 is 0.970 bits per heavy atom. The molecule has 2 fully saturated rings. The zero-order chi connectivity index (χ0) is 23.1. The Morgan fingerprint density at radius 2 is 1.67 bits per heavy atom. The third-order valence-corrected chi connectivity index (χ3v) is 8.71. The molecule has 0 saturated carbocycles. The molecule has 7 nitrogen and oxygen atoms in total. The van der Waals surface area contributed by atoms with Gasteiger partial charge in [-0.2, -0.15) is 4.31 Å². The molecule has 2 saturated heterocycles. The van der Waals surface area contributed by atoms with Crippen LogP contribution >= 0.6 is 0 Å². The summed E-state index contributed by atoms with van der Waals surface area (Å²) in [6, 6.07) is 11.9. The van der Waals surface area contributed by atoms with Crippen LogP contribution < -0.4 is 4.90 Å². The van der Waals surface area contributed by atoms with Crippen molar-refractivity contribution in [3.8, 4) is 0 Å². The normalized spacial score (nSPS) is 22.5. The van der Waals surface area contributed by atoms with Gasteiger partial charge in [-0.25, -0.2) is 12.8 Å². The standard InChI is InChI=1S/C24H30FN3O4S/c1-19-4-2-5-22-23(19)24(31-16-17-32-24)18-28(33(22,29)30)11-3-10-26-12-14-27(15-13-26)21-8-6-20(25)7-9-21/h2,4-9H,3,10-18H2,1H3. The van der Waals surface area contributed by atoms with Crippen LogP contribution in [0.15, 0.2) is 47.4 Å². The number of piperazine rings is 1. The number of anilines is 1. The maximum Gasteiger partial charge on any atom is 0.243 e. The molecule has 0 bridgehead atoms. The number of ether oxygens (including phenoxy) is 2. The molecule has 2 aromatic carbocycles. The molecular formula is C24H30FN3O4S. The summed E-state index contributed by atoms with van der Waals surface area (Å²) < 4.78 is 53.4. The molecule has 0 radical (unpaired) electrons. The summed E-state index contributed by atoms with van der Waals surface area (Å²) in [5.41, 5.74) is 2.55. The molecule has 0 N–H and O–H groups in total. The highest BCUT2D eigenvalue weighted by Crippen LogP contribution is 2.43. The van der Waals surface area contributed by atoms with Gasteiger partial charge in [-0.05, 0) is 55.8 Å². The average molecular weight is 476 g/mol. The molecular weight excluding hydrogens is 445 g/mol. The average Bonchev–Trinajstić information content (AvgIpc) is 3.27. The largest absolute Gasteiger partial charge is 0.369 e. The monoisotopic (exact) mass is 475 g/mol. The number of nitrogens with zero attached hydrogens (tertiary/aromatic N) is 3. The molecule has 0 amide bonds. The summed E-state index contributed by atoms with van der Waals surface area (Å²) in [7, 11) is -3.60. The van der Waals surface area contributed by atoms with E-state index in [-0.39, 0.29) is 12.4 Å². The summed E-state index contributed by atoms with van der Waals surface area (Å²) in [6.45, 7) is 7.76. The van der Waals surface area contributed by atoms with Crippen LogP contribution in [0.4, 0.5) is 10.1 Å². The molecule has 0 unspecified atom stereocenters. The van der Waals surface area contributed by atoms with Crippen molar-refractivity contribution in [1.29, 1.82) is 0 Å². The van der Waals surface area contributed by atoms with Gasteiger partial charge in [0.1, 0.15) is 5.82 Å². The van der Waals surface area contributed by atoms with Crippen LogP contribution in [0.2, 0.25) is 0 Å². The number of halogens is 1. The Morgan fingerprint density at radius 3 is 2.36 bits per heavy atom. The van der Waals surface area contributed by atoms with Gasteiger partial charge < -0.3 is 14.4 Å². The fourth-order valence-electron chi connectivity index (χ4n) is 5.12. The molecule has 2 aromatic rings. The van der Waals surface area contributed by atoms with E-state index in [2.05, 4.69) is 9.80 Å². The number of benzene rings is 2.